The van der Waals surface area contributed by atoms with E-state index in [0.29, 0.717) is 0 Å². The quantitative estimate of drug-likeness (QED) is 0.631. The zero-order valence-electron chi connectivity index (χ0n) is 11.9. The van der Waals surface area contributed by atoms with Crippen LogP contribution >= 0.6 is 0 Å². The summed E-state index contributed by atoms with van der Waals surface area (Å²) in [6, 6.07) is 17.2. The number of rotatable bonds is 1. The smallest absolute Gasteiger partial charge is 0.358 e. The summed E-state index contributed by atoms with van der Waals surface area (Å²) >= 11 is 0. The second-order valence-corrected chi connectivity index (χ2v) is 4.41. The topological polar surface area (TPSA) is 0 Å². The minimum Gasteiger partial charge on any atom is -0.358 e. The summed E-state index contributed by atoms with van der Waals surface area (Å²) in [5.41, 5.74) is 6.99. The van der Waals surface area contributed by atoms with Gasteiger partial charge in [0.05, 0.1) is 0 Å². The molecule has 3 rings (SSSR count). The average molecular weight is 328 g/mol. The maximum Gasteiger partial charge on any atom is 2.00 e. The van der Waals surface area contributed by atoms with Gasteiger partial charge in [0.1, 0.15) is 0 Å². The molecular weight excluding hydrogens is 307 g/mol. The summed E-state index contributed by atoms with van der Waals surface area (Å²) in [4.78, 5) is 0. The van der Waals surface area contributed by atoms with Crippen molar-refractivity contribution in [2.75, 3.05) is 0 Å². The molecule has 96 valence electrons. The van der Waals surface area contributed by atoms with E-state index >= 15 is 0 Å². The average Bonchev–Trinajstić information content (AvgIpc) is 2.70. The molecule has 0 aliphatic heterocycles. The summed E-state index contributed by atoms with van der Waals surface area (Å²) in [5.74, 6) is 0. The third kappa shape index (κ3) is 3.54. The summed E-state index contributed by atoms with van der Waals surface area (Å²) in [6.07, 6.45) is 3.42. The Balaban J connectivity index is 0.00000108. The van der Waals surface area contributed by atoms with Crippen molar-refractivity contribution in [2.24, 2.45) is 0 Å². The van der Waals surface area contributed by atoms with Crippen molar-refractivity contribution >= 4 is 6.08 Å². The maximum atomic E-state index is 2.32. The van der Waals surface area contributed by atoms with E-state index < -0.39 is 0 Å². The fourth-order valence-corrected chi connectivity index (χ4v) is 2.40. The number of hydrogen-bond donors (Lipinski definition) is 0. The van der Waals surface area contributed by atoms with Crippen molar-refractivity contribution in [2.45, 2.75) is 13.3 Å². The van der Waals surface area contributed by atoms with Crippen LogP contribution in [0.2, 0.25) is 0 Å². The number of benzene rings is 2. The second-order valence-electron chi connectivity index (χ2n) is 4.41. The first kappa shape index (κ1) is 18.1. The number of allylic oxidation sites excluding steroid dienone is 1. The van der Waals surface area contributed by atoms with E-state index in [9.17, 15) is 0 Å². The Bertz CT molecular complexity index is 553. The van der Waals surface area contributed by atoms with Crippen LogP contribution in [0.4, 0.5) is 0 Å². The summed E-state index contributed by atoms with van der Waals surface area (Å²) < 4.78 is 0. The van der Waals surface area contributed by atoms with Crippen molar-refractivity contribution < 1.29 is 26.2 Å². The predicted molar refractivity (Wildman–Crippen MR) is 82.1 cm³/mol. The van der Waals surface area contributed by atoms with Crippen LogP contribution in [0.25, 0.3) is 17.2 Å². The predicted octanol–water partition coefficient (Wildman–Crippen LogP) is 5.21. The monoisotopic (exact) mass is 326 g/mol. The molecule has 0 spiro atoms. The van der Waals surface area contributed by atoms with Gasteiger partial charge in [-0.2, -0.15) is 0 Å². The van der Waals surface area contributed by atoms with Crippen molar-refractivity contribution in [3.05, 3.63) is 80.1 Å². The molecule has 0 saturated heterocycles. The molecule has 0 amide bonds. The first-order chi connectivity index (χ1) is 7.84. The Morgan fingerprint density at radius 2 is 1.53 bits per heavy atom. The molecule has 0 radical (unpaired) electrons. The van der Waals surface area contributed by atoms with Gasteiger partial charge in [-0.05, 0) is 35.6 Å². The van der Waals surface area contributed by atoms with Crippen LogP contribution in [0.15, 0.2) is 54.1 Å². The van der Waals surface area contributed by atoms with Gasteiger partial charge < -0.3 is 14.9 Å². The molecule has 0 nitrogen and oxygen atoms in total. The SMILES string of the molecule is CC1=Cc2c(cccc2-c2ccccc2)C1.[CH3-].[CH3-].[Zr+2]. The summed E-state index contributed by atoms with van der Waals surface area (Å²) in [6.45, 7) is 2.20. The molecule has 2 aromatic rings. The van der Waals surface area contributed by atoms with Crippen molar-refractivity contribution in [1.82, 2.24) is 0 Å². The van der Waals surface area contributed by atoms with Gasteiger partial charge in [0, 0.05) is 0 Å². The first-order valence-electron chi connectivity index (χ1n) is 5.69. The van der Waals surface area contributed by atoms with E-state index in [1.807, 2.05) is 0 Å². The van der Waals surface area contributed by atoms with Gasteiger partial charge in [0.25, 0.3) is 0 Å². The van der Waals surface area contributed by atoms with Gasteiger partial charge >= 0.3 is 26.2 Å². The van der Waals surface area contributed by atoms with Crippen LogP contribution in [0.5, 0.6) is 0 Å². The fourth-order valence-electron chi connectivity index (χ4n) is 2.40. The van der Waals surface area contributed by atoms with Crippen LogP contribution in [0.3, 0.4) is 0 Å². The third-order valence-corrected chi connectivity index (χ3v) is 3.14. The molecule has 0 unspecified atom stereocenters. The summed E-state index contributed by atoms with van der Waals surface area (Å²) in [5, 5.41) is 0. The molecule has 0 N–H and O–H groups in total. The Morgan fingerprint density at radius 3 is 2.21 bits per heavy atom. The molecular formula is C18H20Zr. The zero-order chi connectivity index (χ0) is 11.0. The molecule has 19 heavy (non-hydrogen) atoms. The van der Waals surface area contributed by atoms with Gasteiger partial charge in [-0.25, -0.2) is 0 Å². The Hall–Kier alpha value is -0.937. The van der Waals surface area contributed by atoms with Crippen molar-refractivity contribution in [1.29, 1.82) is 0 Å². The molecule has 0 fully saturated rings. The minimum atomic E-state index is 0. The van der Waals surface area contributed by atoms with E-state index in [4.69, 9.17) is 0 Å². The number of hydrogen-bond acceptors (Lipinski definition) is 0. The summed E-state index contributed by atoms with van der Waals surface area (Å²) in [7, 11) is 0. The molecule has 1 aliphatic rings. The Morgan fingerprint density at radius 1 is 0.842 bits per heavy atom. The molecule has 0 bridgehead atoms. The third-order valence-electron chi connectivity index (χ3n) is 3.14. The van der Waals surface area contributed by atoms with Crippen LogP contribution in [-0.2, 0) is 32.6 Å². The number of fused-ring (bicyclic) bond motifs is 1. The standard InChI is InChI=1S/C16H14.2CH3.Zr/c1-12-10-14-8-5-9-15(16(14)11-12)13-6-3-2-4-7-13;;;/h2-9,11H,10H2,1H3;2*1H3;/q;2*-1;+2. The normalized spacial score (nSPS) is 11.3. The second kappa shape index (κ2) is 7.60. The largest absolute Gasteiger partial charge is 2.00 e. The van der Waals surface area contributed by atoms with Gasteiger partial charge in [0.15, 0.2) is 0 Å². The molecule has 0 heterocycles. The first-order valence-corrected chi connectivity index (χ1v) is 5.69. The van der Waals surface area contributed by atoms with Gasteiger partial charge in [-0.3, -0.25) is 0 Å². The van der Waals surface area contributed by atoms with Crippen LogP contribution in [-0.4, -0.2) is 0 Å². The van der Waals surface area contributed by atoms with Gasteiger partial charge in [-0.1, -0.05) is 60.2 Å². The van der Waals surface area contributed by atoms with Crippen LogP contribution in [0, 0.1) is 14.9 Å². The molecule has 0 atom stereocenters. The van der Waals surface area contributed by atoms with Crippen LogP contribution < -0.4 is 0 Å². The van der Waals surface area contributed by atoms with Gasteiger partial charge in [-0.15, -0.1) is 0 Å². The molecule has 2 aromatic carbocycles. The zero-order valence-corrected chi connectivity index (χ0v) is 14.4. The van der Waals surface area contributed by atoms with E-state index in [1.54, 1.807) is 0 Å². The van der Waals surface area contributed by atoms with E-state index in [-0.39, 0.29) is 41.1 Å². The maximum absolute atomic E-state index is 2.32. The minimum absolute atomic E-state index is 0. The van der Waals surface area contributed by atoms with Gasteiger partial charge in [0.2, 0.25) is 0 Å². The Labute approximate surface area is 136 Å². The molecule has 0 aromatic heterocycles. The Kier molecular flexibility index (Phi) is 7.23. The van der Waals surface area contributed by atoms with Crippen molar-refractivity contribution in [3.8, 4) is 11.1 Å². The molecule has 1 aliphatic carbocycles. The molecule has 0 saturated carbocycles. The van der Waals surface area contributed by atoms with E-state index in [1.165, 1.54) is 27.8 Å². The van der Waals surface area contributed by atoms with Crippen LogP contribution in [0.1, 0.15) is 18.1 Å². The van der Waals surface area contributed by atoms with E-state index in [0.717, 1.165) is 6.42 Å². The molecule has 1 heteroatoms. The van der Waals surface area contributed by atoms with E-state index in [2.05, 4.69) is 61.5 Å². The fraction of sp³-hybridized carbons (Fsp3) is 0.111. The van der Waals surface area contributed by atoms with Crippen molar-refractivity contribution in [3.63, 3.8) is 0 Å².